The molecule has 1 rings (SSSR count). The molecule has 0 bridgehead atoms. The third-order valence-electron chi connectivity index (χ3n) is 2.44. The second kappa shape index (κ2) is 6.38. The Hall–Kier alpha value is -0.810. The first-order valence-electron chi connectivity index (χ1n) is 5.56. The number of alkyl halides is 3. The number of benzene rings is 1. The van der Waals surface area contributed by atoms with E-state index in [1.807, 2.05) is 0 Å². The van der Waals surface area contributed by atoms with Gasteiger partial charge in [-0.05, 0) is 30.7 Å². The molecule has 1 nitrogen and oxygen atoms in total. The highest BCUT2D eigenvalue weighted by Crippen LogP contribution is 2.24. The van der Waals surface area contributed by atoms with Gasteiger partial charge in [0, 0.05) is 6.04 Å². The van der Waals surface area contributed by atoms with Crippen LogP contribution < -0.4 is 5.32 Å². The third-order valence-corrected chi connectivity index (χ3v) is 2.73. The number of hydrogen-bond donors (Lipinski definition) is 1. The van der Waals surface area contributed by atoms with Crippen LogP contribution in [-0.2, 0) is 6.42 Å². The van der Waals surface area contributed by atoms with Gasteiger partial charge >= 0.3 is 6.18 Å². The zero-order valence-electron chi connectivity index (χ0n) is 9.82. The van der Waals surface area contributed by atoms with Crippen molar-refractivity contribution < 1.29 is 17.6 Å². The van der Waals surface area contributed by atoms with Crippen molar-refractivity contribution in [2.24, 2.45) is 0 Å². The molecule has 0 aliphatic carbocycles. The van der Waals surface area contributed by atoms with Gasteiger partial charge in [0.15, 0.2) is 0 Å². The van der Waals surface area contributed by atoms with E-state index in [1.54, 1.807) is 6.92 Å². The summed E-state index contributed by atoms with van der Waals surface area (Å²) in [5.41, 5.74) is 0.580. The topological polar surface area (TPSA) is 12.0 Å². The molecular formula is C12H14ClF4N. The Bertz CT molecular complexity index is 392. The van der Waals surface area contributed by atoms with Gasteiger partial charge in [0.2, 0.25) is 0 Å². The molecule has 0 spiro atoms. The van der Waals surface area contributed by atoms with Gasteiger partial charge in [-0.25, -0.2) is 4.39 Å². The van der Waals surface area contributed by atoms with Crippen LogP contribution in [0.1, 0.15) is 18.9 Å². The summed E-state index contributed by atoms with van der Waals surface area (Å²) in [5.74, 6) is -0.573. The summed E-state index contributed by atoms with van der Waals surface area (Å²) in [6, 6.07) is 3.24. The quantitative estimate of drug-likeness (QED) is 0.807. The molecule has 1 atom stereocenters. The highest BCUT2D eigenvalue weighted by atomic mass is 35.5. The van der Waals surface area contributed by atoms with Crippen LogP contribution in [0.4, 0.5) is 17.6 Å². The first-order chi connectivity index (χ1) is 8.31. The molecule has 0 fully saturated rings. The van der Waals surface area contributed by atoms with Gasteiger partial charge in [-0.15, -0.1) is 0 Å². The molecule has 1 aromatic carbocycles. The fourth-order valence-corrected chi connectivity index (χ4v) is 1.94. The van der Waals surface area contributed by atoms with Gasteiger partial charge in [-0.2, -0.15) is 13.2 Å². The minimum absolute atomic E-state index is 0.0743. The molecule has 6 heteroatoms. The lowest BCUT2D eigenvalue weighted by atomic mass is 10.0. The highest BCUT2D eigenvalue weighted by molar-refractivity contribution is 6.30. The third kappa shape index (κ3) is 5.23. The highest BCUT2D eigenvalue weighted by Gasteiger charge is 2.31. The zero-order valence-corrected chi connectivity index (χ0v) is 10.6. The summed E-state index contributed by atoms with van der Waals surface area (Å²) < 4.78 is 50.0. The van der Waals surface area contributed by atoms with Crippen molar-refractivity contribution in [2.75, 3.05) is 6.54 Å². The molecule has 0 saturated carbocycles. The fraction of sp³-hybridized carbons (Fsp3) is 0.500. The molecule has 1 aromatic rings. The van der Waals surface area contributed by atoms with Crippen LogP contribution in [0.5, 0.6) is 0 Å². The second-order valence-corrected chi connectivity index (χ2v) is 4.43. The molecule has 0 aliphatic rings. The molecule has 0 radical (unpaired) electrons. The van der Waals surface area contributed by atoms with Crippen LogP contribution in [0.25, 0.3) is 0 Å². The summed E-state index contributed by atoms with van der Waals surface area (Å²) in [5, 5.41) is 2.69. The van der Waals surface area contributed by atoms with E-state index < -0.39 is 24.5 Å². The average Bonchev–Trinajstić information content (AvgIpc) is 2.21. The lowest BCUT2D eigenvalue weighted by Gasteiger charge is -2.19. The Morgan fingerprint density at radius 2 is 2.00 bits per heavy atom. The molecule has 102 valence electrons. The Balaban J connectivity index is 2.73. The number of likely N-dealkylation sites (N-methyl/N-ethyl adjacent to an activating group) is 1. The molecule has 0 aromatic heterocycles. The van der Waals surface area contributed by atoms with Crippen LogP contribution in [0.3, 0.4) is 0 Å². The first-order valence-corrected chi connectivity index (χ1v) is 5.93. The second-order valence-electron chi connectivity index (χ2n) is 4.03. The SMILES string of the molecule is CCNC(Cc1ccc(F)c(Cl)c1)CC(F)(F)F. The van der Waals surface area contributed by atoms with E-state index in [9.17, 15) is 17.6 Å². The first kappa shape index (κ1) is 15.2. The van der Waals surface area contributed by atoms with Gasteiger partial charge in [0.25, 0.3) is 0 Å². The van der Waals surface area contributed by atoms with Crippen molar-refractivity contribution >= 4 is 11.6 Å². The van der Waals surface area contributed by atoms with Gasteiger partial charge in [-0.1, -0.05) is 24.6 Å². The predicted molar refractivity (Wildman–Crippen MR) is 63.3 cm³/mol. The van der Waals surface area contributed by atoms with Gasteiger partial charge < -0.3 is 5.32 Å². The molecule has 0 saturated heterocycles. The van der Waals surface area contributed by atoms with Gasteiger partial charge in [0.05, 0.1) is 11.4 Å². The largest absolute Gasteiger partial charge is 0.390 e. The number of rotatable bonds is 5. The van der Waals surface area contributed by atoms with E-state index in [-0.39, 0.29) is 11.4 Å². The Kier molecular flexibility index (Phi) is 5.41. The van der Waals surface area contributed by atoms with Crippen LogP contribution in [0.15, 0.2) is 18.2 Å². The fourth-order valence-electron chi connectivity index (χ4n) is 1.74. The predicted octanol–water partition coefficient (Wildman–Crippen LogP) is 3.95. The number of halogens is 5. The zero-order chi connectivity index (χ0) is 13.8. The van der Waals surface area contributed by atoms with Crippen molar-refractivity contribution in [3.05, 3.63) is 34.6 Å². The standard InChI is InChI=1S/C12H14ClF4N/c1-2-18-9(7-12(15,16)17)5-8-3-4-11(14)10(13)6-8/h3-4,6,9,18H,2,5,7H2,1H3. The Morgan fingerprint density at radius 1 is 1.33 bits per heavy atom. The van der Waals surface area contributed by atoms with E-state index in [4.69, 9.17) is 11.6 Å². The summed E-state index contributed by atoms with van der Waals surface area (Å²) >= 11 is 5.59. The minimum Gasteiger partial charge on any atom is -0.314 e. The molecule has 0 amide bonds. The molecule has 1 N–H and O–H groups in total. The normalized spacial score (nSPS) is 13.7. The number of nitrogens with one attached hydrogen (secondary N) is 1. The maximum atomic E-state index is 12.9. The van der Waals surface area contributed by atoms with Gasteiger partial charge in [0.1, 0.15) is 5.82 Å². The molecule has 0 heterocycles. The van der Waals surface area contributed by atoms with Crippen LogP contribution in [0.2, 0.25) is 5.02 Å². The summed E-state index contributed by atoms with van der Waals surface area (Å²) in [6.45, 7) is 2.18. The van der Waals surface area contributed by atoms with Crippen molar-refractivity contribution in [1.82, 2.24) is 5.32 Å². The average molecular weight is 284 g/mol. The van der Waals surface area contributed by atoms with Crippen molar-refractivity contribution in [3.63, 3.8) is 0 Å². The van der Waals surface area contributed by atoms with E-state index in [2.05, 4.69) is 5.32 Å². The molecule has 1 unspecified atom stereocenters. The minimum atomic E-state index is -4.23. The van der Waals surface area contributed by atoms with Crippen molar-refractivity contribution in [2.45, 2.75) is 32.0 Å². The van der Waals surface area contributed by atoms with Crippen LogP contribution >= 0.6 is 11.6 Å². The summed E-state index contributed by atoms with van der Waals surface area (Å²) in [7, 11) is 0. The maximum Gasteiger partial charge on any atom is 0.390 e. The Labute approximate surface area is 108 Å². The molecule has 0 aliphatic heterocycles. The van der Waals surface area contributed by atoms with E-state index >= 15 is 0 Å². The monoisotopic (exact) mass is 283 g/mol. The number of hydrogen-bond acceptors (Lipinski definition) is 1. The lowest BCUT2D eigenvalue weighted by Crippen LogP contribution is -2.35. The van der Waals surface area contributed by atoms with E-state index in [1.165, 1.54) is 12.1 Å². The van der Waals surface area contributed by atoms with Crippen molar-refractivity contribution in [1.29, 1.82) is 0 Å². The molecule has 18 heavy (non-hydrogen) atoms. The van der Waals surface area contributed by atoms with E-state index in [0.717, 1.165) is 6.07 Å². The van der Waals surface area contributed by atoms with Crippen LogP contribution in [-0.4, -0.2) is 18.8 Å². The smallest absolute Gasteiger partial charge is 0.314 e. The summed E-state index contributed by atoms with van der Waals surface area (Å²) in [6.07, 6.45) is -4.99. The van der Waals surface area contributed by atoms with Gasteiger partial charge in [-0.3, -0.25) is 0 Å². The Morgan fingerprint density at radius 3 is 2.50 bits per heavy atom. The summed E-state index contributed by atoms with van der Waals surface area (Å²) in [4.78, 5) is 0. The molecular weight excluding hydrogens is 270 g/mol. The lowest BCUT2D eigenvalue weighted by molar-refractivity contribution is -0.139. The maximum absolute atomic E-state index is 12.9. The van der Waals surface area contributed by atoms with Crippen LogP contribution in [0, 0.1) is 5.82 Å². The van der Waals surface area contributed by atoms with Crippen molar-refractivity contribution in [3.8, 4) is 0 Å². The van der Waals surface area contributed by atoms with E-state index in [0.29, 0.717) is 12.1 Å².